The van der Waals surface area contributed by atoms with E-state index in [2.05, 4.69) is 38.2 Å². The zero-order valence-electron chi connectivity index (χ0n) is 10.7. The molecule has 0 aliphatic heterocycles. The largest absolute Gasteiger partial charge is 0.0917 e. The van der Waals surface area contributed by atoms with E-state index in [9.17, 15) is 0 Å². The second-order valence-corrected chi connectivity index (χ2v) is 4.15. The first-order chi connectivity index (χ1) is 7.41. The lowest BCUT2D eigenvalue weighted by atomic mass is 10.1. The molecule has 0 saturated carbocycles. The van der Waals surface area contributed by atoms with Crippen LogP contribution in [0.5, 0.6) is 0 Å². The van der Waals surface area contributed by atoms with Crippen LogP contribution in [0.2, 0.25) is 0 Å². The van der Waals surface area contributed by atoms with E-state index < -0.39 is 0 Å². The van der Waals surface area contributed by atoms with Crippen LogP contribution in [0.1, 0.15) is 71.6 Å². The van der Waals surface area contributed by atoms with Crippen molar-refractivity contribution in [2.45, 2.75) is 71.6 Å². The normalized spacial score (nSPS) is 11.9. The number of unbranched alkanes of at least 4 members (excludes halogenated alkanes) is 7. The van der Waals surface area contributed by atoms with Crippen LogP contribution in [0, 0.1) is 0 Å². The molecule has 0 nitrogen and oxygen atoms in total. The van der Waals surface area contributed by atoms with E-state index in [0.717, 1.165) is 0 Å². The number of hydrogen-bond donors (Lipinski definition) is 0. The van der Waals surface area contributed by atoms with Crippen LogP contribution in [0.15, 0.2) is 24.3 Å². The molecule has 0 N–H and O–H groups in total. The Kier molecular flexibility index (Phi) is 13.0. The first kappa shape index (κ1) is 14.5. The molecule has 15 heavy (non-hydrogen) atoms. The molecule has 0 aromatic heterocycles. The molecule has 0 amide bonds. The molecule has 0 rings (SSSR count). The molecule has 0 aromatic rings. The summed E-state index contributed by atoms with van der Waals surface area (Å²) in [4.78, 5) is 0. The fourth-order valence-corrected chi connectivity index (χ4v) is 1.68. The lowest BCUT2D eigenvalue weighted by Crippen LogP contribution is -1.79. The molecule has 88 valence electrons. The maximum atomic E-state index is 2.33. The van der Waals surface area contributed by atoms with Gasteiger partial charge in [0.2, 0.25) is 0 Å². The highest BCUT2D eigenvalue weighted by Gasteiger charge is 1.89. The van der Waals surface area contributed by atoms with Crippen LogP contribution >= 0.6 is 0 Å². The van der Waals surface area contributed by atoms with E-state index >= 15 is 0 Å². The third-order valence-electron chi connectivity index (χ3n) is 2.63. The molecule has 0 atom stereocenters. The molecule has 0 aromatic carbocycles. The highest BCUT2D eigenvalue weighted by Crippen LogP contribution is 2.09. The van der Waals surface area contributed by atoms with E-state index in [-0.39, 0.29) is 0 Å². The van der Waals surface area contributed by atoms with Crippen LogP contribution in [0.3, 0.4) is 0 Å². The predicted octanol–water partition coefficient (Wildman–Crippen LogP) is 5.65. The van der Waals surface area contributed by atoms with Crippen LogP contribution in [0.4, 0.5) is 0 Å². The standard InChI is InChI=1S/C15H28/c1-3-5-7-9-11-13-15-14-12-10-8-6-4-2/h3,5-6,8H,4,7,9-15H2,1-2H3/b5-3+,8-6+. The molecule has 0 bridgehead atoms. The summed E-state index contributed by atoms with van der Waals surface area (Å²) in [6, 6.07) is 0. The Morgan fingerprint density at radius 2 is 1.20 bits per heavy atom. The Morgan fingerprint density at radius 1 is 0.667 bits per heavy atom. The lowest BCUT2D eigenvalue weighted by Gasteiger charge is -1.99. The van der Waals surface area contributed by atoms with Crippen molar-refractivity contribution in [1.29, 1.82) is 0 Å². The summed E-state index contributed by atoms with van der Waals surface area (Å²) >= 11 is 0. The van der Waals surface area contributed by atoms with Crippen LogP contribution in [-0.2, 0) is 0 Å². The molecule has 0 saturated heterocycles. The van der Waals surface area contributed by atoms with Gasteiger partial charge in [0.05, 0.1) is 0 Å². The van der Waals surface area contributed by atoms with Gasteiger partial charge in [0, 0.05) is 0 Å². The van der Waals surface area contributed by atoms with Crippen LogP contribution in [-0.4, -0.2) is 0 Å². The summed E-state index contributed by atoms with van der Waals surface area (Å²) in [7, 11) is 0. The molecular formula is C15H28. The summed E-state index contributed by atoms with van der Waals surface area (Å²) in [5.41, 5.74) is 0. The summed E-state index contributed by atoms with van der Waals surface area (Å²) in [6.45, 7) is 4.30. The van der Waals surface area contributed by atoms with Gasteiger partial charge in [-0.1, -0.05) is 56.9 Å². The minimum Gasteiger partial charge on any atom is -0.0917 e. The van der Waals surface area contributed by atoms with Crippen molar-refractivity contribution < 1.29 is 0 Å². The van der Waals surface area contributed by atoms with Crippen molar-refractivity contribution in [2.24, 2.45) is 0 Å². The second kappa shape index (κ2) is 13.5. The number of hydrogen-bond acceptors (Lipinski definition) is 0. The zero-order valence-corrected chi connectivity index (χ0v) is 10.7. The van der Waals surface area contributed by atoms with Crippen LogP contribution < -0.4 is 0 Å². The van der Waals surface area contributed by atoms with Crippen LogP contribution in [0.25, 0.3) is 0 Å². The lowest BCUT2D eigenvalue weighted by molar-refractivity contribution is 0.600. The maximum absolute atomic E-state index is 2.33. The van der Waals surface area contributed by atoms with Gasteiger partial charge >= 0.3 is 0 Å². The molecule has 0 aliphatic rings. The highest BCUT2D eigenvalue weighted by atomic mass is 14.0. The molecule has 0 heterocycles. The SMILES string of the molecule is C/C=C/CCCCCCCC/C=C/CC. The van der Waals surface area contributed by atoms with Crippen molar-refractivity contribution in [3.05, 3.63) is 24.3 Å². The van der Waals surface area contributed by atoms with Crippen molar-refractivity contribution in [1.82, 2.24) is 0 Å². The molecule has 0 fully saturated rings. The van der Waals surface area contributed by atoms with Gasteiger partial charge < -0.3 is 0 Å². The third kappa shape index (κ3) is 13.5. The van der Waals surface area contributed by atoms with Crippen molar-refractivity contribution in [2.75, 3.05) is 0 Å². The third-order valence-corrected chi connectivity index (χ3v) is 2.63. The summed E-state index contributed by atoms with van der Waals surface area (Å²) < 4.78 is 0. The quantitative estimate of drug-likeness (QED) is 0.321. The second-order valence-electron chi connectivity index (χ2n) is 4.15. The summed E-state index contributed by atoms with van der Waals surface area (Å²) in [5.74, 6) is 0. The Hall–Kier alpha value is -0.520. The van der Waals surface area contributed by atoms with Crippen molar-refractivity contribution in [3.63, 3.8) is 0 Å². The molecule has 0 aliphatic carbocycles. The fourth-order valence-electron chi connectivity index (χ4n) is 1.68. The predicted molar refractivity (Wildman–Crippen MR) is 71.2 cm³/mol. The highest BCUT2D eigenvalue weighted by molar-refractivity contribution is 4.79. The monoisotopic (exact) mass is 208 g/mol. The molecule has 0 radical (unpaired) electrons. The average molecular weight is 208 g/mol. The topological polar surface area (TPSA) is 0 Å². The molecule has 0 heteroatoms. The minimum atomic E-state index is 1.19. The van der Waals surface area contributed by atoms with E-state index in [1.807, 2.05) is 0 Å². The van der Waals surface area contributed by atoms with Gasteiger partial charge in [0.1, 0.15) is 0 Å². The Balaban J connectivity index is 2.95. The first-order valence-electron chi connectivity index (χ1n) is 6.68. The summed E-state index contributed by atoms with van der Waals surface area (Å²) in [6.07, 6.45) is 21.2. The molecule has 0 unspecified atom stereocenters. The van der Waals surface area contributed by atoms with Gasteiger partial charge in [0.25, 0.3) is 0 Å². The van der Waals surface area contributed by atoms with Gasteiger partial charge in [0.15, 0.2) is 0 Å². The maximum Gasteiger partial charge on any atom is -0.0351 e. The van der Waals surface area contributed by atoms with Crippen molar-refractivity contribution >= 4 is 0 Å². The summed E-state index contributed by atoms with van der Waals surface area (Å²) in [5, 5.41) is 0. The number of allylic oxidation sites excluding steroid dienone is 4. The Morgan fingerprint density at radius 3 is 1.73 bits per heavy atom. The molecular weight excluding hydrogens is 180 g/mol. The number of rotatable bonds is 10. The first-order valence-corrected chi connectivity index (χ1v) is 6.68. The van der Waals surface area contributed by atoms with Gasteiger partial charge in [-0.3, -0.25) is 0 Å². The van der Waals surface area contributed by atoms with E-state index in [1.165, 1.54) is 57.8 Å². The fraction of sp³-hybridized carbons (Fsp3) is 0.733. The van der Waals surface area contributed by atoms with E-state index in [4.69, 9.17) is 0 Å². The Bertz CT molecular complexity index is 153. The van der Waals surface area contributed by atoms with E-state index in [1.54, 1.807) is 0 Å². The Labute approximate surface area is 96.5 Å². The van der Waals surface area contributed by atoms with Gasteiger partial charge in [-0.2, -0.15) is 0 Å². The van der Waals surface area contributed by atoms with Gasteiger partial charge in [-0.05, 0) is 39.0 Å². The zero-order chi connectivity index (χ0) is 11.2. The minimum absolute atomic E-state index is 1.19. The van der Waals surface area contributed by atoms with Crippen molar-refractivity contribution in [3.8, 4) is 0 Å². The smallest absolute Gasteiger partial charge is 0.0351 e. The van der Waals surface area contributed by atoms with Gasteiger partial charge in [-0.15, -0.1) is 0 Å². The van der Waals surface area contributed by atoms with E-state index in [0.29, 0.717) is 0 Å². The average Bonchev–Trinajstić information content (AvgIpc) is 2.26. The van der Waals surface area contributed by atoms with Gasteiger partial charge in [-0.25, -0.2) is 0 Å². The molecule has 0 spiro atoms.